The van der Waals surface area contributed by atoms with E-state index in [0.717, 1.165) is 13.2 Å². The quantitative estimate of drug-likeness (QED) is 0.815. The molecule has 0 aliphatic carbocycles. The number of aliphatic hydroxyl groups is 1. The molecule has 0 amide bonds. The van der Waals surface area contributed by atoms with Crippen LogP contribution in [0, 0.1) is 11.6 Å². The summed E-state index contributed by atoms with van der Waals surface area (Å²) in [6.07, 6.45) is 3.26. The van der Waals surface area contributed by atoms with E-state index in [1.165, 1.54) is 12.1 Å². The van der Waals surface area contributed by atoms with Gasteiger partial charge in [0.05, 0.1) is 0 Å². The van der Waals surface area contributed by atoms with E-state index in [1.54, 1.807) is 19.9 Å². The summed E-state index contributed by atoms with van der Waals surface area (Å²) in [5, 5.41) is 7.00. The Morgan fingerprint density at radius 1 is 1.22 bits per heavy atom. The molecule has 0 heterocycles. The van der Waals surface area contributed by atoms with Gasteiger partial charge in [-0.2, -0.15) is 0 Å². The third-order valence-electron chi connectivity index (χ3n) is 2.17. The van der Waals surface area contributed by atoms with Crippen LogP contribution in [0.1, 0.15) is 38.8 Å². The molecule has 0 saturated heterocycles. The van der Waals surface area contributed by atoms with Crippen LogP contribution in [0.5, 0.6) is 0 Å². The minimum Gasteiger partial charge on any atom is -0.400 e. The lowest BCUT2D eigenvalue weighted by Gasteiger charge is -2.08. The van der Waals surface area contributed by atoms with Gasteiger partial charge in [-0.05, 0) is 31.1 Å². The molecule has 1 rings (SSSR count). The fourth-order valence-corrected chi connectivity index (χ4v) is 1.28. The first kappa shape index (κ1) is 18.9. The molecule has 0 radical (unpaired) electrons. The van der Waals surface area contributed by atoms with E-state index in [4.69, 9.17) is 5.11 Å². The maximum atomic E-state index is 13.4. The van der Waals surface area contributed by atoms with Crippen LogP contribution in [-0.4, -0.2) is 12.2 Å². The van der Waals surface area contributed by atoms with Gasteiger partial charge in [0.2, 0.25) is 0 Å². The highest BCUT2D eigenvalue weighted by Gasteiger charge is 2.12. The molecule has 1 aromatic rings. The van der Waals surface area contributed by atoms with Crippen LogP contribution in [0.25, 0.3) is 11.6 Å². The standard InChI is InChI=1S/C12H12F2.C2H6.CH4O/c1-4-8(3)11-9(5-2)6-7-10(13)12(11)14;2*1-2/h4-7H,2H2,1,3H3;1-2H3;2H,1H3/b8-4-;;. The van der Waals surface area contributed by atoms with Crippen molar-refractivity contribution in [3.05, 3.63) is 47.5 Å². The first-order chi connectivity index (χ1) is 8.61. The monoisotopic (exact) mass is 256 g/mol. The zero-order chi connectivity index (χ0) is 14.7. The highest BCUT2D eigenvalue weighted by molar-refractivity contribution is 5.73. The van der Waals surface area contributed by atoms with Crippen LogP contribution in [0.15, 0.2) is 24.8 Å². The predicted octanol–water partition coefficient (Wildman–Crippen LogP) is 4.67. The Hall–Kier alpha value is -1.48. The van der Waals surface area contributed by atoms with Gasteiger partial charge < -0.3 is 5.11 Å². The molecule has 0 spiro atoms. The molecule has 102 valence electrons. The van der Waals surface area contributed by atoms with Gasteiger partial charge >= 0.3 is 0 Å². The maximum Gasteiger partial charge on any atom is 0.166 e. The summed E-state index contributed by atoms with van der Waals surface area (Å²) in [4.78, 5) is 0. The van der Waals surface area contributed by atoms with Crippen LogP contribution in [0.3, 0.4) is 0 Å². The molecule has 0 aromatic heterocycles. The van der Waals surface area contributed by atoms with E-state index >= 15 is 0 Å². The van der Waals surface area contributed by atoms with Gasteiger partial charge in [-0.3, -0.25) is 0 Å². The molecule has 0 saturated carbocycles. The Bertz CT molecular complexity index is 396. The minimum atomic E-state index is -0.827. The SMILES string of the molecule is C=Cc1ccc(F)c(F)c1/C(C)=C\C.CC.CO. The number of hydrogen-bond acceptors (Lipinski definition) is 1. The number of halogens is 2. The molecule has 0 bridgehead atoms. The van der Waals surface area contributed by atoms with Gasteiger partial charge in [0.25, 0.3) is 0 Å². The van der Waals surface area contributed by atoms with Gasteiger partial charge in [-0.15, -0.1) is 0 Å². The molecule has 0 fully saturated rings. The Morgan fingerprint density at radius 3 is 2.11 bits per heavy atom. The molecular formula is C15H22F2O. The second-order valence-electron chi connectivity index (χ2n) is 3.00. The summed E-state index contributed by atoms with van der Waals surface area (Å²) in [7, 11) is 1.00. The number of allylic oxidation sites excluding steroid dienone is 2. The van der Waals surface area contributed by atoms with Gasteiger partial charge in [0.1, 0.15) is 0 Å². The third-order valence-corrected chi connectivity index (χ3v) is 2.17. The fourth-order valence-electron chi connectivity index (χ4n) is 1.28. The average Bonchev–Trinajstić information content (AvgIpc) is 2.45. The van der Waals surface area contributed by atoms with Crippen molar-refractivity contribution in [2.24, 2.45) is 0 Å². The summed E-state index contributed by atoms with van der Waals surface area (Å²) >= 11 is 0. The van der Waals surface area contributed by atoms with Gasteiger partial charge in [0.15, 0.2) is 11.6 Å². The normalized spacial score (nSPS) is 9.67. The zero-order valence-corrected chi connectivity index (χ0v) is 11.7. The summed E-state index contributed by atoms with van der Waals surface area (Å²) in [6.45, 7) is 11.1. The summed E-state index contributed by atoms with van der Waals surface area (Å²) in [5.41, 5.74) is 1.61. The molecule has 0 atom stereocenters. The van der Waals surface area contributed by atoms with Crippen molar-refractivity contribution in [1.29, 1.82) is 0 Å². The van der Waals surface area contributed by atoms with Crippen molar-refractivity contribution in [3.63, 3.8) is 0 Å². The largest absolute Gasteiger partial charge is 0.400 e. The molecule has 1 aromatic carbocycles. The maximum absolute atomic E-state index is 13.4. The zero-order valence-electron chi connectivity index (χ0n) is 11.7. The van der Waals surface area contributed by atoms with Crippen molar-refractivity contribution < 1.29 is 13.9 Å². The average molecular weight is 256 g/mol. The second kappa shape index (κ2) is 10.7. The first-order valence-electron chi connectivity index (χ1n) is 5.80. The van der Waals surface area contributed by atoms with E-state index in [2.05, 4.69) is 6.58 Å². The lowest BCUT2D eigenvalue weighted by Crippen LogP contribution is -1.95. The number of hydrogen-bond donors (Lipinski definition) is 1. The second-order valence-corrected chi connectivity index (χ2v) is 3.00. The van der Waals surface area contributed by atoms with Crippen LogP contribution in [0.2, 0.25) is 0 Å². The highest BCUT2D eigenvalue weighted by Crippen LogP contribution is 2.25. The summed E-state index contributed by atoms with van der Waals surface area (Å²) in [6, 6.07) is 2.63. The number of rotatable bonds is 2. The topological polar surface area (TPSA) is 20.2 Å². The van der Waals surface area contributed by atoms with Gasteiger partial charge in [-0.1, -0.05) is 38.6 Å². The molecule has 1 nitrogen and oxygen atoms in total. The predicted molar refractivity (Wildman–Crippen MR) is 75.3 cm³/mol. The van der Waals surface area contributed by atoms with E-state index in [-0.39, 0.29) is 0 Å². The van der Waals surface area contributed by atoms with Crippen molar-refractivity contribution >= 4 is 11.6 Å². The minimum absolute atomic E-state index is 0.294. The van der Waals surface area contributed by atoms with Crippen molar-refractivity contribution in [3.8, 4) is 0 Å². The van der Waals surface area contributed by atoms with Crippen LogP contribution < -0.4 is 0 Å². The van der Waals surface area contributed by atoms with Gasteiger partial charge in [0, 0.05) is 12.7 Å². The molecule has 18 heavy (non-hydrogen) atoms. The highest BCUT2D eigenvalue weighted by atomic mass is 19.2. The smallest absolute Gasteiger partial charge is 0.166 e. The fraction of sp³-hybridized carbons (Fsp3) is 0.333. The van der Waals surface area contributed by atoms with E-state index in [9.17, 15) is 8.78 Å². The van der Waals surface area contributed by atoms with Crippen molar-refractivity contribution in [2.75, 3.05) is 7.11 Å². The van der Waals surface area contributed by atoms with Gasteiger partial charge in [-0.25, -0.2) is 8.78 Å². The lowest BCUT2D eigenvalue weighted by molar-refractivity contribution is 0.399. The van der Waals surface area contributed by atoms with E-state index in [1.807, 2.05) is 13.8 Å². The Morgan fingerprint density at radius 2 is 1.72 bits per heavy atom. The number of benzene rings is 1. The first-order valence-corrected chi connectivity index (χ1v) is 5.80. The van der Waals surface area contributed by atoms with E-state index in [0.29, 0.717) is 16.7 Å². The van der Waals surface area contributed by atoms with Crippen molar-refractivity contribution in [2.45, 2.75) is 27.7 Å². The molecule has 3 heteroatoms. The molecule has 0 aliphatic rings. The Kier molecular flexibility index (Phi) is 11.2. The third kappa shape index (κ3) is 4.80. The van der Waals surface area contributed by atoms with Crippen molar-refractivity contribution in [1.82, 2.24) is 0 Å². The Balaban J connectivity index is 0. The van der Waals surface area contributed by atoms with Crippen LogP contribution in [0.4, 0.5) is 8.78 Å². The molecular weight excluding hydrogens is 234 g/mol. The van der Waals surface area contributed by atoms with Crippen LogP contribution >= 0.6 is 0 Å². The number of aliphatic hydroxyl groups excluding tert-OH is 1. The Labute approximate surface area is 108 Å². The summed E-state index contributed by atoms with van der Waals surface area (Å²) < 4.78 is 26.4. The molecule has 1 N–H and O–H groups in total. The van der Waals surface area contributed by atoms with Crippen LogP contribution in [-0.2, 0) is 0 Å². The molecule has 0 aliphatic heterocycles. The van der Waals surface area contributed by atoms with E-state index < -0.39 is 11.6 Å². The summed E-state index contributed by atoms with van der Waals surface area (Å²) in [5.74, 6) is -1.63. The molecule has 0 unspecified atom stereocenters. The lowest BCUT2D eigenvalue weighted by atomic mass is 10.00.